The zero-order valence-corrected chi connectivity index (χ0v) is 17.0. The summed E-state index contributed by atoms with van der Waals surface area (Å²) in [5.41, 5.74) is 3.68. The van der Waals surface area contributed by atoms with Crippen molar-refractivity contribution in [3.8, 4) is 0 Å². The van der Waals surface area contributed by atoms with E-state index in [2.05, 4.69) is 12.2 Å². The van der Waals surface area contributed by atoms with E-state index in [0.717, 1.165) is 16.8 Å². The number of carbonyl (C=O) groups excluding carboxylic acids is 1. The van der Waals surface area contributed by atoms with Crippen molar-refractivity contribution in [1.82, 2.24) is 4.90 Å². The maximum Gasteiger partial charge on any atom is 0.327 e. The first-order chi connectivity index (χ1) is 12.3. The maximum absolute atomic E-state index is 12.8. The van der Waals surface area contributed by atoms with Crippen LogP contribution in [0.25, 0.3) is 0 Å². The summed E-state index contributed by atoms with van der Waals surface area (Å²) in [7, 11) is 0. The monoisotopic (exact) mass is 407 g/mol. The number of benzene rings is 2. The zero-order valence-electron chi connectivity index (χ0n) is 14.7. The van der Waals surface area contributed by atoms with Crippen LogP contribution >= 0.6 is 35.0 Å². The Labute approximate surface area is 167 Å². The van der Waals surface area contributed by atoms with E-state index in [4.69, 9.17) is 28.2 Å². The van der Waals surface area contributed by atoms with Gasteiger partial charge in [-0.2, -0.15) is 0 Å². The quantitative estimate of drug-likeness (QED) is 0.637. The molecule has 1 atom stereocenters. The highest BCUT2D eigenvalue weighted by atomic mass is 35.5. The number of hydrogen-bond acceptors (Lipinski definition) is 3. The van der Waals surface area contributed by atoms with Crippen LogP contribution in [0.2, 0.25) is 10.0 Å². The molecule has 0 bridgehead atoms. The van der Waals surface area contributed by atoms with Crippen LogP contribution < -0.4 is 5.32 Å². The van der Waals surface area contributed by atoms with Crippen LogP contribution in [-0.4, -0.2) is 27.9 Å². The molecule has 0 saturated carbocycles. The molecule has 1 saturated heterocycles. The van der Waals surface area contributed by atoms with Crippen molar-refractivity contribution in [3.05, 3.63) is 57.6 Å². The molecule has 1 aliphatic rings. The molecule has 1 fully saturated rings. The number of urea groups is 1. The number of carbonyl (C=O) groups is 1. The molecule has 1 heterocycles. The van der Waals surface area contributed by atoms with Crippen LogP contribution in [0.4, 0.5) is 16.2 Å². The van der Waals surface area contributed by atoms with Crippen molar-refractivity contribution in [3.63, 3.8) is 0 Å². The number of aliphatic imine (C=N–C) groups is 1. The summed E-state index contributed by atoms with van der Waals surface area (Å²) in [6.45, 7) is 6.73. The molecule has 7 heteroatoms. The van der Waals surface area contributed by atoms with E-state index in [-0.39, 0.29) is 11.3 Å². The van der Waals surface area contributed by atoms with Gasteiger partial charge in [0.1, 0.15) is 0 Å². The SMILES string of the molecule is Cc1cccc(C)c1N=C1S[C@H](C)CN1C(=O)Nc1ccc(Cl)c(Cl)c1. The molecular weight excluding hydrogens is 389 g/mol. The van der Waals surface area contributed by atoms with Gasteiger partial charge in [0.25, 0.3) is 0 Å². The molecular formula is C19H19Cl2N3OS. The Bertz CT molecular complexity index is 865. The molecule has 26 heavy (non-hydrogen) atoms. The van der Waals surface area contributed by atoms with Gasteiger partial charge in [-0.3, -0.25) is 4.90 Å². The molecule has 0 aliphatic carbocycles. The second-order valence-electron chi connectivity index (χ2n) is 6.23. The lowest BCUT2D eigenvalue weighted by Gasteiger charge is -2.18. The van der Waals surface area contributed by atoms with Gasteiger partial charge in [-0.25, -0.2) is 9.79 Å². The van der Waals surface area contributed by atoms with Gasteiger partial charge in [0.15, 0.2) is 5.17 Å². The van der Waals surface area contributed by atoms with E-state index >= 15 is 0 Å². The fourth-order valence-corrected chi connectivity index (χ4v) is 4.03. The largest absolute Gasteiger partial charge is 0.327 e. The van der Waals surface area contributed by atoms with Gasteiger partial charge in [0.05, 0.1) is 15.7 Å². The first-order valence-corrected chi connectivity index (χ1v) is 9.84. The Hall–Kier alpha value is -1.69. The minimum absolute atomic E-state index is 0.231. The van der Waals surface area contributed by atoms with Crippen LogP contribution in [-0.2, 0) is 0 Å². The number of rotatable bonds is 2. The molecule has 136 valence electrons. The fourth-order valence-electron chi connectivity index (χ4n) is 2.72. The first-order valence-electron chi connectivity index (χ1n) is 8.20. The van der Waals surface area contributed by atoms with Gasteiger partial charge in [-0.1, -0.05) is 60.1 Å². The van der Waals surface area contributed by atoms with Crippen LogP contribution in [0, 0.1) is 13.8 Å². The summed E-state index contributed by atoms with van der Waals surface area (Å²) >= 11 is 13.6. The highest BCUT2D eigenvalue weighted by Gasteiger charge is 2.31. The number of nitrogens with one attached hydrogen (secondary N) is 1. The lowest BCUT2D eigenvalue weighted by atomic mass is 10.1. The highest BCUT2D eigenvalue weighted by molar-refractivity contribution is 8.14. The number of aryl methyl sites for hydroxylation is 2. The lowest BCUT2D eigenvalue weighted by Crippen LogP contribution is -2.36. The lowest BCUT2D eigenvalue weighted by molar-refractivity contribution is 0.235. The zero-order chi connectivity index (χ0) is 18.8. The average molecular weight is 408 g/mol. The molecule has 4 nitrogen and oxygen atoms in total. The van der Waals surface area contributed by atoms with Gasteiger partial charge in [-0.05, 0) is 43.2 Å². The second kappa shape index (κ2) is 7.91. The Morgan fingerprint density at radius 2 is 1.88 bits per heavy atom. The predicted octanol–water partition coefficient (Wildman–Crippen LogP) is 6.27. The van der Waals surface area contributed by atoms with E-state index in [0.29, 0.717) is 27.4 Å². The number of para-hydroxylation sites is 1. The molecule has 2 amide bonds. The molecule has 0 aromatic heterocycles. The Morgan fingerprint density at radius 1 is 1.19 bits per heavy atom. The van der Waals surface area contributed by atoms with Crippen LogP contribution in [0.15, 0.2) is 41.4 Å². The number of thioether (sulfide) groups is 1. The van der Waals surface area contributed by atoms with Gasteiger partial charge < -0.3 is 5.32 Å². The van der Waals surface area contributed by atoms with E-state index < -0.39 is 0 Å². The molecule has 1 N–H and O–H groups in total. The second-order valence-corrected chi connectivity index (χ2v) is 8.45. The van der Waals surface area contributed by atoms with Crippen LogP contribution in [0.1, 0.15) is 18.1 Å². The molecule has 0 spiro atoms. The third-order valence-corrected chi connectivity index (χ3v) is 5.85. The number of anilines is 1. The summed E-state index contributed by atoms with van der Waals surface area (Å²) in [5, 5.41) is 4.70. The van der Waals surface area contributed by atoms with Gasteiger partial charge in [0, 0.05) is 17.5 Å². The molecule has 3 rings (SSSR count). The smallest absolute Gasteiger partial charge is 0.307 e. The summed E-state index contributed by atoms with van der Waals surface area (Å²) in [4.78, 5) is 19.2. The predicted molar refractivity (Wildman–Crippen MR) is 112 cm³/mol. The number of amides is 2. The molecule has 0 radical (unpaired) electrons. The van der Waals surface area contributed by atoms with Crippen molar-refractivity contribution < 1.29 is 4.79 Å². The minimum Gasteiger partial charge on any atom is -0.307 e. The average Bonchev–Trinajstić information content (AvgIpc) is 2.95. The number of hydrogen-bond donors (Lipinski definition) is 1. The Morgan fingerprint density at radius 3 is 2.54 bits per heavy atom. The fraction of sp³-hybridized carbons (Fsp3) is 0.263. The van der Waals surface area contributed by atoms with Crippen molar-refractivity contribution in [2.45, 2.75) is 26.0 Å². The number of nitrogens with zero attached hydrogens (tertiary/aromatic N) is 2. The van der Waals surface area contributed by atoms with E-state index in [9.17, 15) is 4.79 Å². The Balaban J connectivity index is 1.86. The van der Waals surface area contributed by atoms with Crippen molar-refractivity contribution in [1.29, 1.82) is 0 Å². The van der Waals surface area contributed by atoms with Crippen LogP contribution in [0.5, 0.6) is 0 Å². The molecule has 2 aromatic rings. The van der Waals surface area contributed by atoms with Gasteiger partial charge in [-0.15, -0.1) is 0 Å². The summed E-state index contributed by atoms with van der Waals surface area (Å²) in [6, 6.07) is 10.8. The number of halogens is 2. The van der Waals surface area contributed by atoms with E-state index in [1.165, 1.54) is 0 Å². The standard InChI is InChI=1S/C19H19Cl2N3OS/c1-11-5-4-6-12(2)17(11)23-19-24(10-13(3)26-19)18(25)22-14-7-8-15(20)16(21)9-14/h4-9,13H,10H2,1-3H3,(H,22,25)/t13-/m1/s1. The van der Waals surface area contributed by atoms with E-state index in [1.807, 2.05) is 32.0 Å². The summed E-state index contributed by atoms with van der Waals surface area (Å²) < 4.78 is 0. The van der Waals surface area contributed by atoms with Crippen molar-refractivity contribution in [2.75, 3.05) is 11.9 Å². The maximum atomic E-state index is 12.8. The number of amidine groups is 1. The topological polar surface area (TPSA) is 44.7 Å². The van der Waals surface area contributed by atoms with Gasteiger partial charge >= 0.3 is 6.03 Å². The summed E-state index contributed by atoms with van der Waals surface area (Å²) in [6.07, 6.45) is 0. The molecule has 2 aromatic carbocycles. The summed E-state index contributed by atoms with van der Waals surface area (Å²) in [5.74, 6) is 0. The van der Waals surface area contributed by atoms with Crippen molar-refractivity contribution in [2.24, 2.45) is 4.99 Å². The highest BCUT2D eigenvalue weighted by Crippen LogP contribution is 2.32. The molecule has 0 unspecified atom stereocenters. The van der Waals surface area contributed by atoms with E-state index in [1.54, 1.807) is 34.9 Å². The third-order valence-electron chi connectivity index (χ3n) is 4.04. The Kier molecular flexibility index (Phi) is 5.80. The van der Waals surface area contributed by atoms with Crippen molar-refractivity contribution >= 4 is 57.5 Å². The van der Waals surface area contributed by atoms with Gasteiger partial charge in [0.2, 0.25) is 0 Å². The third kappa shape index (κ3) is 4.17. The minimum atomic E-state index is -0.231. The first kappa shape index (κ1) is 19.1. The molecule has 1 aliphatic heterocycles. The van der Waals surface area contributed by atoms with Crippen LogP contribution in [0.3, 0.4) is 0 Å². The normalized spacial score (nSPS) is 18.4.